The van der Waals surface area contributed by atoms with Crippen LogP contribution in [0.4, 0.5) is 0 Å². The molecule has 2 rings (SSSR count). The highest BCUT2D eigenvalue weighted by Crippen LogP contribution is 2.10. The Morgan fingerprint density at radius 3 is 2.68 bits per heavy atom. The highest BCUT2D eigenvalue weighted by molar-refractivity contribution is 7.94. The molecule has 0 aliphatic carbocycles. The molecule has 12 heteroatoms. The van der Waals surface area contributed by atoms with Gasteiger partial charge in [0.15, 0.2) is 15.5 Å². The molecular weight excluding hydrogens is 442 g/mol. The van der Waals surface area contributed by atoms with Crippen LogP contribution >= 0.6 is 0 Å². The fourth-order valence-corrected chi connectivity index (χ4v) is 4.52. The zero-order valence-corrected chi connectivity index (χ0v) is 18.9. The van der Waals surface area contributed by atoms with E-state index in [1.54, 1.807) is 19.2 Å². The van der Waals surface area contributed by atoms with Gasteiger partial charge in [-0.2, -0.15) is 5.10 Å². The monoisotopic (exact) mass is 467 g/mol. The number of carbonyl (C=O) groups is 1. The van der Waals surface area contributed by atoms with Crippen LogP contribution in [-0.2, 0) is 19.9 Å². The SMILES string of the molecule is C=CC(=CC=CS(=O)(=O)CCN(CC)S(C)(=O)=O)CNC(=O)c1cnc2[nH]ncc2c1. The van der Waals surface area contributed by atoms with E-state index in [1.807, 2.05) is 0 Å². The van der Waals surface area contributed by atoms with E-state index >= 15 is 0 Å². The van der Waals surface area contributed by atoms with Crippen molar-refractivity contribution in [1.29, 1.82) is 0 Å². The lowest BCUT2D eigenvalue weighted by molar-refractivity contribution is 0.0957. The van der Waals surface area contributed by atoms with Crippen molar-refractivity contribution in [3.05, 3.63) is 59.8 Å². The summed E-state index contributed by atoms with van der Waals surface area (Å²) in [4.78, 5) is 16.4. The van der Waals surface area contributed by atoms with Gasteiger partial charge < -0.3 is 5.32 Å². The first-order valence-electron chi connectivity index (χ1n) is 9.30. The second-order valence-corrected chi connectivity index (χ2v) is 10.6. The molecule has 0 aliphatic heterocycles. The summed E-state index contributed by atoms with van der Waals surface area (Å²) in [5.74, 6) is -0.678. The second kappa shape index (κ2) is 10.5. The molecule has 0 unspecified atom stereocenters. The molecule has 168 valence electrons. The molecule has 2 aromatic heterocycles. The van der Waals surface area contributed by atoms with Crippen molar-refractivity contribution in [2.45, 2.75) is 6.92 Å². The number of nitrogens with one attached hydrogen (secondary N) is 2. The molecule has 1 amide bonds. The Morgan fingerprint density at radius 1 is 1.29 bits per heavy atom. The maximum absolute atomic E-state index is 12.3. The van der Waals surface area contributed by atoms with Crippen molar-refractivity contribution in [2.75, 3.05) is 31.6 Å². The number of sulfone groups is 1. The standard InChI is InChI=1S/C19H25N5O5S2/c1-4-15(7-6-9-31(28,29)10-8-24(5-2)30(3,26)27)12-21-19(25)17-11-16-14-22-23-18(16)20-13-17/h4,6-7,9,11,13-14H,1,5,8,10,12H2,2-3H3,(H,21,25)(H,20,22,23). The average molecular weight is 468 g/mol. The van der Waals surface area contributed by atoms with E-state index in [0.717, 1.165) is 16.0 Å². The van der Waals surface area contributed by atoms with E-state index in [1.165, 1.54) is 24.4 Å². The zero-order valence-electron chi connectivity index (χ0n) is 17.3. The first-order valence-corrected chi connectivity index (χ1v) is 12.9. The molecule has 0 bridgehead atoms. The summed E-state index contributed by atoms with van der Waals surface area (Å²) < 4.78 is 48.5. The Bertz CT molecular complexity index is 1210. The summed E-state index contributed by atoms with van der Waals surface area (Å²) in [6.45, 7) is 5.51. The molecule has 2 aromatic rings. The molecule has 0 spiro atoms. The Balaban J connectivity index is 1.95. The largest absolute Gasteiger partial charge is 0.348 e. The number of sulfonamides is 1. The van der Waals surface area contributed by atoms with Crippen molar-refractivity contribution in [1.82, 2.24) is 24.8 Å². The molecular formula is C19H25N5O5S2. The van der Waals surface area contributed by atoms with Crippen LogP contribution in [0.3, 0.4) is 0 Å². The van der Waals surface area contributed by atoms with Crippen LogP contribution in [0.25, 0.3) is 11.0 Å². The molecule has 0 aromatic carbocycles. The smallest absolute Gasteiger partial charge is 0.253 e. The summed E-state index contributed by atoms with van der Waals surface area (Å²) in [5.41, 5.74) is 1.53. The van der Waals surface area contributed by atoms with Gasteiger partial charge in [-0.1, -0.05) is 31.7 Å². The van der Waals surface area contributed by atoms with Crippen LogP contribution < -0.4 is 5.32 Å². The van der Waals surface area contributed by atoms with Crippen molar-refractivity contribution in [2.24, 2.45) is 0 Å². The van der Waals surface area contributed by atoms with Crippen LogP contribution in [0.5, 0.6) is 0 Å². The van der Waals surface area contributed by atoms with Gasteiger partial charge in [-0.25, -0.2) is 26.1 Å². The third-order valence-corrected chi connectivity index (χ3v) is 7.01. The third-order valence-electron chi connectivity index (χ3n) is 4.31. The van der Waals surface area contributed by atoms with Gasteiger partial charge in [0.2, 0.25) is 10.0 Å². The minimum absolute atomic E-state index is 0.120. The number of allylic oxidation sites excluding steroid dienone is 2. The van der Waals surface area contributed by atoms with E-state index in [2.05, 4.69) is 27.1 Å². The van der Waals surface area contributed by atoms with Crippen molar-refractivity contribution in [3.8, 4) is 0 Å². The molecule has 0 saturated carbocycles. The maximum atomic E-state index is 12.3. The number of fused-ring (bicyclic) bond motifs is 1. The minimum atomic E-state index is -3.61. The highest BCUT2D eigenvalue weighted by atomic mass is 32.2. The number of aromatic nitrogens is 3. The van der Waals surface area contributed by atoms with Gasteiger partial charge in [-0.3, -0.25) is 9.89 Å². The number of hydrogen-bond acceptors (Lipinski definition) is 7. The summed E-state index contributed by atoms with van der Waals surface area (Å²) >= 11 is 0. The topological polar surface area (TPSA) is 142 Å². The molecule has 2 heterocycles. The maximum Gasteiger partial charge on any atom is 0.253 e. The number of nitrogens with zero attached hydrogens (tertiary/aromatic N) is 3. The first kappa shape index (κ1) is 24.4. The van der Waals surface area contributed by atoms with Gasteiger partial charge in [0, 0.05) is 36.6 Å². The number of carbonyl (C=O) groups excluding carboxylic acids is 1. The number of H-pyrrole nitrogens is 1. The Labute approximate surface area is 181 Å². The summed E-state index contributed by atoms with van der Waals surface area (Å²) in [6.07, 6.45) is 8.36. The number of pyridine rings is 1. The van der Waals surface area contributed by atoms with Gasteiger partial charge in [0.05, 0.1) is 23.8 Å². The number of rotatable bonds is 11. The van der Waals surface area contributed by atoms with Gasteiger partial charge in [-0.05, 0) is 11.6 Å². The van der Waals surface area contributed by atoms with Crippen LogP contribution in [0.15, 0.2) is 54.2 Å². The quantitative estimate of drug-likeness (QED) is 0.470. The summed E-state index contributed by atoms with van der Waals surface area (Å²) in [6, 6.07) is 1.65. The van der Waals surface area contributed by atoms with Gasteiger partial charge in [0.1, 0.15) is 0 Å². The molecule has 0 radical (unpaired) electrons. The molecule has 10 nitrogen and oxygen atoms in total. The normalized spacial score (nSPS) is 13.2. The zero-order chi connectivity index (χ0) is 23.1. The van der Waals surface area contributed by atoms with Crippen LogP contribution in [0, 0.1) is 0 Å². The molecule has 0 aliphatic rings. The predicted molar refractivity (Wildman–Crippen MR) is 120 cm³/mol. The third kappa shape index (κ3) is 7.42. The second-order valence-electron chi connectivity index (χ2n) is 6.61. The van der Waals surface area contributed by atoms with Crippen molar-refractivity contribution in [3.63, 3.8) is 0 Å². The van der Waals surface area contributed by atoms with Gasteiger partial charge in [0.25, 0.3) is 5.91 Å². The Hall–Kier alpha value is -2.83. The summed E-state index contributed by atoms with van der Waals surface area (Å²) in [5, 5.41) is 11.0. The molecule has 2 N–H and O–H groups in total. The Morgan fingerprint density at radius 2 is 2.03 bits per heavy atom. The number of amides is 1. The lowest BCUT2D eigenvalue weighted by atomic mass is 10.2. The average Bonchev–Trinajstić information content (AvgIpc) is 3.17. The predicted octanol–water partition coefficient (Wildman–Crippen LogP) is 1.01. The number of hydrogen-bond donors (Lipinski definition) is 2. The van der Waals surface area contributed by atoms with Crippen LogP contribution in [0.2, 0.25) is 0 Å². The van der Waals surface area contributed by atoms with Crippen molar-refractivity contribution >= 4 is 36.8 Å². The van der Waals surface area contributed by atoms with E-state index < -0.39 is 19.9 Å². The molecule has 31 heavy (non-hydrogen) atoms. The molecule has 0 fully saturated rings. The fraction of sp³-hybridized carbons (Fsp3) is 0.316. The van der Waals surface area contributed by atoms with Crippen LogP contribution in [0.1, 0.15) is 17.3 Å². The van der Waals surface area contributed by atoms with E-state index in [-0.39, 0.29) is 31.3 Å². The van der Waals surface area contributed by atoms with Gasteiger partial charge in [-0.15, -0.1) is 0 Å². The van der Waals surface area contributed by atoms with E-state index in [4.69, 9.17) is 0 Å². The van der Waals surface area contributed by atoms with Crippen LogP contribution in [-0.4, -0.2) is 73.9 Å². The van der Waals surface area contributed by atoms with E-state index in [0.29, 0.717) is 22.2 Å². The van der Waals surface area contributed by atoms with E-state index in [9.17, 15) is 21.6 Å². The van der Waals surface area contributed by atoms with Gasteiger partial charge >= 0.3 is 0 Å². The van der Waals surface area contributed by atoms with Crippen molar-refractivity contribution < 1.29 is 21.6 Å². The molecule has 0 saturated heterocycles. The minimum Gasteiger partial charge on any atom is -0.348 e. The molecule has 0 atom stereocenters. The highest BCUT2D eigenvalue weighted by Gasteiger charge is 2.17. The fourth-order valence-electron chi connectivity index (χ4n) is 2.58. The lowest BCUT2D eigenvalue weighted by Gasteiger charge is -2.16. The number of aromatic amines is 1. The Kier molecular flexibility index (Phi) is 8.25. The summed E-state index contributed by atoms with van der Waals surface area (Å²) in [7, 11) is -7.06. The first-order chi connectivity index (χ1) is 14.6. The lowest BCUT2D eigenvalue weighted by Crippen LogP contribution is -2.33.